The summed E-state index contributed by atoms with van der Waals surface area (Å²) < 4.78 is 17.9. The first-order valence-corrected chi connectivity index (χ1v) is 12.0. The van der Waals surface area contributed by atoms with Gasteiger partial charge in [-0.15, -0.1) is 0 Å². The SMILES string of the molecule is CCS(=O)C1CCCC(NC(=NC)NCC2(c3ccccc3)CCOCC2)C1. The third kappa shape index (κ3) is 5.35. The van der Waals surface area contributed by atoms with Crippen LogP contribution in [0.1, 0.15) is 51.0 Å². The lowest BCUT2D eigenvalue weighted by Crippen LogP contribution is -2.51. The van der Waals surface area contributed by atoms with E-state index < -0.39 is 10.8 Å². The van der Waals surface area contributed by atoms with Crippen molar-refractivity contribution in [3.8, 4) is 0 Å². The quantitative estimate of drug-likeness (QED) is 0.564. The van der Waals surface area contributed by atoms with Crippen LogP contribution in [-0.2, 0) is 21.0 Å². The summed E-state index contributed by atoms with van der Waals surface area (Å²) in [6, 6.07) is 11.1. The van der Waals surface area contributed by atoms with Crippen molar-refractivity contribution in [3.63, 3.8) is 0 Å². The van der Waals surface area contributed by atoms with Gasteiger partial charge >= 0.3 is 0 Å². The van der Waals surface area contributed by atoms with Crippen LogP contribution in [0.4, 0.5) is 0 Å². The molecule has 1 aromatic carbocycles. The average molecular weight is 406 g/mol. The van der Waals surface area contributed by atoms with Crippen LogP contribution in [0.3, 0.4) is 0 Å². The molecule has 1 heterocycles. The first-order valence-electron chi connectivity index (χ1n) is 10.6. The van der Waals surface area contributed by atoms with Crippen molar-refractivity contribution in [2.75, 3.05) is 32.6 Å². The Hall–Kier alpha value is -1.40. The van der Waals surface area contributed by atoms with Gasteiger partial charge < -0.3 is 15.4 Å². The lowest BCUT2D eigenvalue weighted by Gasteiger charge is -2.38. The maximum Gasteiger partial charge on any atom is 0.191 e. The van der Waals surface area contributed by atoms with E-state index in [0.717, 1.165) is 70.0 Å². The number of hydrogen-bond donors (Lipinski definition) is 2. The molecule has 6 heteroatoms. The molecule has 1 aromatic rings. The Balaban J connectivity index is 1.61. The Morgan fingerprint density at radius 2 is 2.00 bits per heavy atom. The molecule has 0 amide bonds. The zero-order valence-electron chi connectivity index (χ0n) is 17.3. The number of aliphatic imine (C=N–C) groups is 1. The van der Waals surface area contributed by atoms with Gasteiger partial charge in [-0.05, 0) is 37.7 Å². The Labute approximate surface area is 172 Å². The van der Waals surface area contributed by atoms with Crippen molar-refractivity contribution in [2.24, 2.45) is 4.99 Å². The molecule has 2 aliphatic rings. The first-order chi connectivity index (χ1) is 13.7. The fourth-order valence-electron chi connectivity index (χ4n) is 4.51. The Morgan fingerprint density at radius 3 is 2.68 bits per heavy atom. The minimum atomic E-state index is -0.704. The highest BCUT2D eigenvalue weighted by Crippen LogP contribution is 2.34. The molecule has 0 bridgehead atoms. The number of guanidine groups is 1. The number of ether oxygens (including phenoxy) is 1. The second-order valence-electron chi connectivity index (χ2n) is 7.98. The van der Waals surface area contributed by atoms with Gasteiger partial charge in [0.2, 0.25) is 0 Å². The fraction of sp³-hybridized carbons (Fsp3) is 0.682. The van der Waals surface area contributed by atoms with Crippen LogP contribution in [0.25, 0.3) is 0 Å². The molecule has 1 aliphatic heterocycles. The maximum atomic E-state index is 12.2. The number of rotatable bonds is 6. The van der Waals surface area contributed by atoms with Crippen LogP contribution >= 0.6 is 0 Å². The van der Waals surface area contributed by atoms with E-state index in [1.54, 1.807) is 0 Å². The van der Waals surface area contributed by atoms with Gasteiger partial charge in [-0.1, -0.05) is 43.7 Å². The van der Waals surface area contributed by atoms with Gasteiger partial charge in [-0.2, -0.15) is 0 Å². The largest absolute Gasteiger partial charge is 0.381 e. The predicted molar refractivity (Wildman–Crippen MR) is 117 cm³/mol. The molecular weight excluding hydrogens is 370 g/mol. The second-order valence-corrected chi connectivity index (χ2v) is 9.99. The molecule has 156 valence electrons. The third-order valence-electron chi connectivity index (χ3n) is 6.28. The molecule has 3 unspecified atom stereocenters. The number of benzene rings is 1. The van der Waals surface area contributed by atoms with Gasteiger partial charge in [0.25, 0.3) is 0 Å². The second kappa shape index (κ2) is 10.4. The topological polar surface area (TPSA) is 62.7 Å². The standard InChI is InChI=1S/C22H35N3O2S/c1-3-28(26)20-11-7-10-19(16-20)25-21(23-2)24-17-22(12-14-27-15-13-22)18-8-5-4-6-9-18/h4-6,8-9,19-20H,3,7,10-17H2,1-2H3,(H2,23,24,25). The molecule has 2 N–H and O–H groups in total. The molecule has 0 spiro atoms. The van der Waals surface area contributed by atoms with E-state index in [1.165, 1.54) is 5.56 Å². The van der Waals surface area contributed by atoms with E-state index in [1.807, 2.05) is 14.0 Å². The minimum Gasteiger partial charge on any atom is -0.381 e. The Bertz CT molecular complexity index is 659. The van der Waals surface area contributed by atoms with Crippen LogP contribution in [0.2, 0.25) is 0 Å². The smallest absolute Gasteiger partial charge is 0.191 e. The summed E-state index contributed by atoms with van der Waals surface area (Å²) in [4.78, 5) is 4.47. The van der Waals surface area contributed by atoms with Crippen molar-refractivity contribution in [1.29, 1.82) is 0 Å². The molecule has 28 heavy (non-hydrogen) atoms. The highest BCUT2D eigenvalue weighted by molar-refractivity contribution is 7.85. The highest BCUT2D eigenvalue weighted by atomic mass is 32.2. The third-order valence-corrected chi connectivity index (χ3v) is 8.02. The number of nitrogens with zero attached hydrogens (tertiary/aromatic N) is 1. The van der Waals surface area contributed by atoms with Gasteiger partial charge in [-0.25, -0.2) is 0 Å². The molecule has 1 saturated carbocycles. The zero-order chi connectivity index (χ0) is 19.8. The summed E-state index contributed by atoms with van der Waals surface area (Å²) in [6.45, 7) is 4.47. The van der Waals surface area contributed by atoms with Crippen molar-refractivity contribution in [3.05, 3.63) is 35.9 Å². The fourth-order valence-corrected chi connectivity index (χ4v) is 5.86. The zero-order valence-corrected chi connectivity index (χ0v) is 18.1. The summed E-state index contributed by atoms with van der Waals surface area (Å²) in [5, 5.41) is 7.51. The molecule has 3 atom stereocenters. The molecule has 1 saturated heterocycles. The summed E-state index contributed by atoms with van der Waals surface area (Å²) in [7, 11) is 1.13. The molecule has 3 rings (SSSR count). The van der Waals surface area contributed by atoms with Crippen LogP contribution < -0.4 is 10.6 Å². The van der Waals surface area contributed by atoms with Gasteiger partial charge in [0.05, 0.1) is 0 Å². The lowest BCUT2D eigenvalue weighted by atomic mass is 9.74. The summed E-state index contributed by atoms with van der Waals surface area (Å²) >= 11 is 0. The predicted octanol–water partition coefficient (Wildman–Crippen LogP) is 2.98. The molecular formula is C22H35N3O2S. The van der Waals surface area contributed by atoms with E-state index in [9.17, 15) is 4.21 Å². The summed E-state index contributed by atoms with van der Waals surface area (Å²) in [6.07, 6.45) is 6.34. The normalized spacial score (nSPS) is 26.4. The lowest BCUT2D eigenvalue weighted by molar-refractivity contribution is 0.0513. The molecule has 2 fully saturated rings. The van der Waals surface area contributed by atoms with E-state index in [-0.39, 0.29) is 5.41 Å². The molecule has 1 aliphatic carbocycles. The summed E-state index contributed by atoms with van der Waals surface area (Å²) in [5.41, 5.74) is 1.45. The van der Waals surface area contributed by atoms with Gasteiger partial charge in [-0.3, -0.25) is 9.20 Å². The van der Waals surface area contributed by atoms with Crippen LogP contribution in [-0.4, -0.2) is 54.0 Å². The van der Waals surface area contributed by atoms with Crippen LogP contribution in [0.15, 0.2) is 35.3 Å². The highest BCUT2D eigenvalue weighted by Gasteiger charge is 2.35. The van der Waals surface area contributed by atoms with Crippen molar-refractivity contribution in [1.82, 2.24) is 10.6 Å². The number of nitrogens with one attached hydrogen (secondary N) is 2. The van der Waals surface area contributed by atoms with Gasteiger partial charge in [0.15, 0.2) is 5.96 Å². The molecule has 0 aromatic heterocycles. The van der Waals surface area contributed by atoms with Gasteiger partial charge in [0, 0.05) is 60.1 Å². The van der Waals surface area contributed by atoms with E-state index in [2.05, 4.69) is 46.0 Å². The minimum absolute atomic E-state index is 0.0793. The molecule has 5 nitrogen and oxygen atoms in total. The van der Waals surface area contributed by atoms with E-state index in [4.69, 9.17) is 4.74 Å². The van der Waals surface area contributed by atoms with Crippen molar-refractivity contribution in [2.45, 2.75) is 62.2 Å². The summed E-state index contributed by atoms with van der Waals surface area (Å²) in [5.74, 6) is 1.61. The first kappa shape index (κ1) is 21.3. The monoisotopic (exact) mass is 405 g/mol. The van der Waals surface area contributed by atoms with E-state index >= 15 is 0 Å². The Kier molecular flexibility index (Phi) is 7.91. The maximum absolute atomic E-state index is 12.2. The van der Waals surface area contributed by atoms with Crippen LogP contribution in [0, 0.1) is 0 Å². The number of hydrogen-bond acceptors (Lipinski definition) is 3. The molecule has 0 radical (unpaired) electrons. The van der Waals surface area contributed by atoms with Crippen molar-refractivity contribution < 1.29 is 8.95 Å². The van der Waals surface area contributed by atoms with Crippen LogP contribution in [0.5, 0.6) is 0 Å². The average Bonchev–Trinajstić information content (AvgIpc) is 2.77. The Morgan fingerprint density at radius 1 is 1.25 bits per heavy atom. The van der Waals surface area contributed by atoms with Crippen molar-refractivity contribution >= 4 is 16.8 Å². The van der Waals surface area contributed by atoms with Gasteiger partial charge in [0.1, 0.15) is 0 Å². The van der Waals surface area contributed by atoms with E-state index in [0.29, 0.717) is 11.3 Å².